The van der Waals surface area contributed by atoms with Gasteiger partial charge in [0.05, 0.1) is 5.75 Å². The largest absolute Gasteiger partial charge is 0.325 e. The zero-order valence-corrected chi connectivity index (χ0v) is 12.2. The first-order valence-electron chi connectivity index (χ1n) is 6.77. The van der Waals surface area contributed by atoms with E-state index in [-0.39, 0.29) is 17.0 Å². The molecule has 0 aliphatic heterocycles. The van der Waals surface area contributed by atoms with Crippen LogP contribution in [-0.2, 0) is 9.84 Å². The Hall–Kier alpha value is -0.0900. The lowest BCUT2D eigenvalue weighted by Gasteiger charge is -2.38. The highest BCUT2D eigenvalue weighted by molar-refractivity contribution is 7.91. The minimum absolute atomic E-state index is 0.229. The van der Waals surface area contributed by atoms with Crippen molar-refractivity contribution in [3.8, 4) is 0 Å². The van der Waals surface area contributed by atoms with Gasteiger partial charge in [-0.25, -0.2) is 8.42 Å². The molecule has 0 aromatic heterocycles. The second-order valence-electron chi connectivity index (χ2n) is 5.93. The Morgan fingerprint density at radius 2 is 1.82 bits per heavy atom. The predicted molar refractivity (Wildman–Crippen MR) is 72.7 cm³/mol. The van der Waals surface area contributed by atoms with Crippen LogP contribution in [0.25, 0.3) is 0 Å². The maximum Gasteiger partial charge on any atom is 0.150 e. The first kappa shape index (κ1) is 15.0. The molecule has 4 heteroatoms. The van der Waals surface area contributed by atoms with Crippen molar-refractivity contribution in [1.29, 1.82) is 0 Å². The molecule has 0 amide bonds. The van der Waals surface area contributed by atoms with Gasteiger partial charge in [0.1, 0.15) is 9.84 Å². The molecule has 1 rings (SSSR count). The zero-order valence-electron chi connectivity index (χ0n) is 11.4. The molecule has 1 aliphatic carbocycles. The molecule has 2 N–H and O–H groups in total. The molecule has 0 heterocycles. The van der Waals surface area contributed by atoms with Crippen LogP contribution < -0.4 is 5.73 Å². The molecule has 0 aromatic carbocycles. The van der Waals surface area contributed by atoms with Crippen molar-refractivity contribution in [1.82, 2.24) is 0 Å². The second kappa shape index (κ2) is 5.70. The predicted octanol–water partition coefficient (Wildman–Crippen LogP) is 2.35. The molecule has 0 radical (unpaired) electrons. The summed E-state index contributed by atoms with van der Waals surface area (Å²) in [5.41, 5.74) is 6.09. The van der Waals surface area contributed by atoms with Gasteiger partial charge in [-0.05, 0) is 43.9 Å². The lowest BCUT2D eigenvalue weighted by atomic mass is 9.72. The number of sulfone groups is 1. The maximum atomic E-state index is 11.5. The molecule has 0 bridgehead atoms. The Morgan fingerprint density at radius 1 is 1.29 bits per heavy atom. The van der Waals surface area contributed by atoms with E-state index in [1.54, 1.807) is 6.92 Å². The molecule has 3 nitrogen and oxygen atoms in total. The highest BCUT2D eigenvalue weighted by Crippen LogP contribution is 2.36. The van der Waals surface area contributed by atoms with E-state index in [9.17, 15) is 8.42 Å². The van der Waals surface area contributed by atoms with E-state index >= 15 is 0 Å². The molecule has 0 saturated heterocycles. The van der Waals surface area contributed by atoms with E-state index in [2.05, 4.69) is 13.8 Å². The number of rotatable bonds is 5. The first-order valence-corrected chi connectivity index (χ1v) is 8.59. The lowest BCUT2D eigenvalue weighted by Crippen LogP contribution is -2.45. The van der Waals surface area contributed by atoms with Gasteiger partial charge in [0.2, 0.25) is 0 Å². The van der Waals surface area contributed by atoms with Crippen LogP contribution in [0, 0.1) is 11.8 Å². The van der Waals surface area contributed by atoms with Crippen molar-refractivity contribution in [2.45, 2.75) is 58.4 Å². The summed E-state index contributed by atoms with van der Waals surface area (Å²) >= 11 is 0. The molecule has 1 aliphatic rings. The van der Waals surface area contributed by atoms with Gasteiger partial charge >= 0.3 is 0 Å². The quantitative estimate of drug-likeness (QED) is 0.826. The molecule has 17 heavy (non-hydrogen) atoms. The van der Waals surface area contributed by atoms with Crippen molar-refractivity contribution in [3.63, 3.8) is 0 Å². The smallest absolute Gasteiger partial charge is 0.150 e. The van der Waals surface area contributed by atoms with Crippen LogP contribution in [0.15, 0.2) is 0 Å². The number of hydrogen-bond donors (Lipinski definition) is 1. The van der Waals surface area contributed by atoms with Crippen LogP contribution in [0.2, 0.25) is 0 Å². The van der Waals surface area contributed by atoms with Crippen LogP contribution in [0.1, 0.15) is 52.9 Å². The van der Waals surface area contributed by atoms with Gasteiger partial charge in [0.15, 0.2) is 0 Å². The van der Waals surface area contributed by atoms with E-state index in [1.807, 2.05) is 0 Å². The van der Waals surface area contributed by atoms with Gasteiger partial charge in [-0.3, -0.25) is 0 Å². The Bertz CT molecular complexity index is 327. The van der Waals surface area contributed by atoms with Crippen LogP contribution >= 0.6 is 0 Å². The second-order valence-corrected chi connectivity index (χ2v) is 8.40. The van der Waals surface area contributed by atoms with E-state index in [4.69, 9.17) is 5.73 Å². The summed E-state index contributed by atoms with van der Waals surface area (Å²) in [4.78, 5) is 0. The van der Waals surface area contributed by atoms with Crippen LogP contribution in [0.4, 0.5) is 0 Å². The standard InChI is InChI=1S/C13H27NO2S/c1-4-17(15,16)10-9-13(14)7-5-12(6-8-13)11(2)3/h11-12H,4-10,14H2,1-3H3. The van der Waals surface area contributed by atoms with Crippen molar-refractivity contribution < 1.29 is 8.42 Å². The lowest BCUT2D eigenvalue weighted by molar-refractivity contribution is 0.191. The van der Waals surface area contributed by atoms with E-state index in [0.717, 1.165) is 37.5 Å². The monoisotopic (exact) mass is 261 g/mol. The van der Waals surface area contributed by atoms with Crippen molar-refractivity contribution >= 4 is 9.84 Å². The molecular weight excluding hydrogens is 234 g/mol. The summed E-state index contributed by atoms with van der Waals surface area (Å²) in [6, 6.07) is 0. The van der Waals surface area contributed by atoms with E-state index in [1.165, 1.54) is 0 Å². The number of nitrogens with two attached hydrogens (primary N) is 1. The molecule has 1 fully saturated rings. The molecular formula is C13H27NO2S. The van der Waals surface area contributed by atoms with Crippen molar-refractivity contribution in [3.05, 3.63) is 0 Å². The van der Waals surface area contributed by atoms with Gasteiger partial charge in [0, 0.05) is 11.3 Å². The highest BCUT2D eigenvalue weighted by atomic mass is 32.2. The SMILES string of the molecule is CCS(=O)(=O)CCC1(N)CCC(C(C)C)CC1. The molecule has 0 atom stereocenters. The summed E-state index contributed by atoms with van der Waals surface area (Å²) in [5.74, 6) is 1.98. The van der Waals surface area contributed by atoms with Gasteiger partial charge in [-0.1, -0.05) is 20.8 Å². The fourth-order valence-corrected chi connectivity index (χ4v) is 3.64. The highest BCUT2D eigenvalue weighted by Gasteiger charge is 2.33. The van der Waals surface area contributed by atoms with Crippen molar-refractivity contribution in [2.75, 3.05) is 11.5 Å². The summed E-state index contributed by atoms with van der Waals surface area (Å²) in [5, 5.41) is 0. The Balaban J connectivity index is 2.45. The summed E-state index contributed by atoms with van der Waals surface area (Å²) in [6.07, 6.45) is 4.90. The molecule has 1 saturated carbocycles. The summed E-state index contributed by atoms with van der Waals surface area (Å²) in [7, 11) is -2.87. The maximum absolute atomic E-state index is 11.5. The zero-order chi connectivity index (χ0) is 13.1. The Kier molecular flexibility index (Phi) is 5.02. The average molecular weight is 261 g/mol. The van der Waals surface area contributed by atoms with E-state index < -0.39 is 9.84 Å². The Labute approximate surface area is 106 Å². The third kappa shape index (κ3) is 4.59. The van der Waals surface area contributed by atoms with Crippen molar-refractivity contribution in [2.24, 2.45) is 17.6 Å². The van der Waals surface area contributed by atoms with Gasteiger partial charge in [-0.15, -0.1) is 0 Å². The van der Waals surface area contributed by atoms with Crippen LogP contribution in [0.3, 0.4) is 0 Å². The summed E-state index contributed by atoms with van der Waals surface area (Å²) < 4.78 is 23.0. The first-order chi connectivity index (χ1) is 7.78. The fraction of sp³-hybridized carbons (Fsp3) is 1.00. The molecule has 0 aromatic rings. The molecule has 0 unspecified atom stereocenters. The van der Waals surface area contributed by atoms with E-state index in [0.29, 0.717) is 6.42 Å². The van der Waals surface area contributed by atoms with Crippen LogP contribution in [0.5, 0.6) is 0 Å². The normalized spacial score (nSPS) is 30.8. The molecule has 0 spiro atoms. The topological polar surface area (TPSA) is 60.2 Å². The fourth-order valence-electron chi connectivity index (χ4n) is 2.63. The minimum Gasteiger partial charge on any atom is -0.325 e. The molecule has 102 valence electrons. The van der Waals surface area contributed by atoms with Gasteiger partial charge < -0.3 is 5.73 Å². The Morgan fingerprint density at radius 3 is 2.24 bits per heavy atom. The average Bonchev–Trinajstić information content (AvgIpc) is 2.27. The van der Waals surface area contributed by atoms with Crippen LogP contribution in [-0.4, -0.2) is 25.5 Å². The summed E-state index contributed by atoms with van der Waals surface area (Å²) in [6.45, 7) is 6.22. The van der Waals surface area contributed by atoms with Gasteiger partial charge in [0.25, 0.3) is 0 Å². The third-order valence-electron chi connectivity index (χ3n) is 4.32. The number of hydrogen-bond acceptors (Lipinski definition) is 3. The third-order valence-corrected chi connectivity index (χ3v) is 6.03. The van der Waals surface area contributed by atoms with Gasteiger partial charge in [-0.2, -0.15) is 0 Å². The minimum atomic E-state index is -2.87.